The summed E-state index contributed by atoms with van der Waals surface area (Å²) in [6.45, 7) is 10.7. The number of likely N-dealkylation sites (N-methyl/N-ethyl adjacent to an activating group) is 1. The van der Waals surface area contributed by atoms with Gasteiger partial charge in [-0.15, -0.1) is 0 Å². The second-order valence-corrected chi connectivity index (χ2v) is 10.3. The van der Waals surface area contributed by atoms with Crippen molar-refractivity contribution in [2.75, 3.05) is 33.3 Å². The number of carbonyl (C=O) groups is 1. The van der Waals surface area contributed by atoms with E-state index in [1.807, 2.05) is 27.0 Å². The monoisotopic (exact) mass is 525 g/mol. The average Bonchev–Trinajstić information content (AvgIpc) is 3.13. The molecule has 0 saturated carbocycles. The van der Waals surface area contributed by atoms with Crippen LogP contribution in [0, 0.1) is 12.7 Å². The zero-order chi connectivity index (χ0) is 26.8. The molecule has 0 spiro atoms. The number of thioether (sulfide) groups is 1. The summed E-state index contributed by atoms with van der Waals surface area (Å²) in [5.74, 6) is 0.350. The van der Waals surface area contributed by atoms with Gasteiger partial charge in [0.15, 0.2) is 0 Å². The number of nitrogens with zero attached hydrogens (tertiary/aromatic N) is 2. The highest BCUT2D eigenvalue weighted by Crippen LogP contribution is 2.34. The Morgan fingerprint density at radius 2 is 2.08 bits per heavy atom. The van der Waals surface area contributed by atoms with E-state index >= 15 is 0 Å². The van der Waals surface area contributed by atoms with Crippen molar-refractivity contribution in [3.8, 4) is 5.75 Å². The number of benzene rings is 2. The molecule has 1 amide bonds. The minimum atomic E-state index is -0.285. The number of fused-ring (bicyclic) bond motifs is 1. The van der Waals surface area contributed by atoms with Crippen LogP contribution >= 0.6 is 11.8 Å². The van der Waals surface area contributed by atoms with Gasteiger partial charge in [-0.3, -0.25) is 9.79 Å². The number of aliphatic imine (C=N–C) groups is 1. The van der Waals surface area contributed by atoms with Crippen LogP contribution in [0.25, 0.3) is 4.91 Å². The van der Waals surface area contributed by atoms with Gasteiger partial charge in [0.05, 0.1) is 18.1 Å². The lowest BCUT2D eigenvalue weighted by atomic mass is 10.00. The van der Waals surface area contributed by atoms with E-state index in [0.29, 0.717) is 42.8 Å². The first-order valence-corrected chi connectivity index (χ1v) is 14.1. The number of amides is 1. The number of nitrogens with one attached hydrogen (secondary N) is 1. The number of halogens is 1. The SMILES string of the molecule is CC=C(SC(CCCC)=NCCNC)c1ccc2c(c1)CN(C(=O)c1ccc(C)c(F)c1CC)CCO2. The predicted octanol–water partition coefficient (Wildman–Crippen LogP) is 6.63. The number of hydrogen-bond acceptors (Lipinski definition) is 5. The molecule has 0 unspecified atom stereocenters. The van der Waals surface area contributed by atoms with Gasteiger partial charge in [0.2, 0.25) is 0 Å². The van der Waals surface area contributed by atoms with Crippen molar-refractivity contribution in [3.05, 3.63) is 70.0 Å². The highest BCUT2D eigenvalue weighted by atomic mass is 32.2. The first-order valence-electron chi connectivity index (χ1n) is 13.3. The van der Waals surface area contributed by atoms with Crippen LogP contribution in [-0.2, 0) is 13.0 Å². The third-order valence-electron chi connectivity index (χ3n) is 6.52. The van der Waals surface area contributed by atoms with Gasteiger partial charge in [-0.1, -0.05) is 50.2 Å². The Balaban J connectivity index is 1.86. The van der Waals surface area contributed by atoms with Crippen LogP contribution in [0.1, 0.15) is 72.6 Å². The maximum Gasteiger partial charge on any atom is 0.254 e. The molecule has 0 aliphatic carbocycles. The molecule has 1 aliphatic heterocycles. The number of allylic oxidation sites excluding steroid dienone is 1. The third-order valence-corrected chi connectivity index (χ3v) is 7.78. The Morgan fingerprint density at radius 3 is 2.78 bits per heavy atom. The van der Waals surface area contributed by atoms with Gasteiger partial charge >= 0.3 is 0 Å². The zero-order valence-electron chi connectivity index (χ0n) is 22.8. The molecule has 0 atom stereocenters. The average molecular weight is 526 g/mol. The lowest BCUT2D eigenvalue weighted by molar-refractivity contribution is 0.0731. The maximum atomic E-state index is 14.8. The Morgan fingerprint density at radius 1 is 1.27 bits per heavy atom. The van der Waals surface area contributed by atoms with Crippen molar-refractivity contribution in [3.63, 3.8) is 0 Å². The fraction of sp³-hybridized carbons (Fsp3) is 0.467. The molecule has 0 saturated heterocycles. The molecule has 0 radical (unpaired) electrons. The van der Waals surface area contributed by atoms with E-state index in [9.17, 15) is 9.18 Å². The van der Waals surface area contributed by atoms with Gasteiger partial charge in [-0.2, -0.15) is 0 Å². The molecular weight excluding hydrogens is 485 g/mol. The summed E-state index contributed by atoms with van der Waals surface area (Å²) in [6, 6.07) is 9.63. The maximum absolute atomic E-state index is 14.8. The van der Waals surface area contributed by atoms with E-state index in [0.717, 1.165) is 59.2 Å². The van der Waals surface area contributed by atoms with Gasteiger partial charge in [-0.25, -0.2) is 4.39 Å². The topological polar surface area (TPSA) is 53.9 Å². The van der Waals surface area contributed by atoms with Gasteiger partial charge in [-0.05, 0) is 69.5 Å². The van der Waals surface area contributed by atoms with Crippen LogP contribution in [0.4, 0.5) is 4.39 Å². The van der Waals surface area contributed by atoms with E-state index in [-0.39, 0.29) is 11.7 Å². The van der Waals surface area contributed by atoms with Gasteiger partial charge in [0, 0.05) is 34.7 Å². The van der Waals surface area contributed by atoms with Crippen molar-refractivity contribution >= 4 is 27.6 Å². The van der Waals surface area contributed by atoms with Crippen molar-refractivity contribution in [2.24, 2.45) is 4.99 Å². The van der Waals surface area contributed by atoms with Crippen molar-refractivity contribution in [1.82, 2.24) is 10.2 Å². The van der Waals surface area contributed by atoms with E-state index in [1.165, 1.54) is 0 Å². The molecule has 2 aromatic carbocycles. The largest absolute Gasteiger partial charge is 0.491 e. The number of ether oxygens (including phenoxy) is 1. The molecule has 1 aliphatic rings. The first-order chi connectivity index (χ1) is 17.9. The molecule has 2 aromatic rings. The summed E-state index contributed by atoms with van der Waals surface area (Å²) in [5.41, 5.74) is 3.52. The smallest absolute Gasteiger partial charge is 0.254 e. The molecule has 0 fully saturated rings. The van der Waals surface area contributed by atoms with Crippen LogP contribution in [0.5, 0.6) is 5.75 Å². The van der Waals surface area contributed by atoms with Crippen molar-refractivity contribution < 1.29 is 13.9 Å². The highest BCUT2D eigenvalue weighted by Gasteiger charge is 2.25. The Bertz CT molecular complexity index is 1150. The molecular formula is C30H40FN3O2S. The van der Waals surface area contributed by atoms with Gasteiger partial charge < -0.3 is 15.0 Å². The molecule has 200 valence electrons. The third kappa shape index (κ3) is 7.45. The number of hydrogen-bond donors (Lipinski definition) is 1. The summed E-state index contributed by atoms with van der Waals surface area (Å²) in [4.78, 5) is 21.3. The van der Waals surface area contributed by atoms with E-state index in [4.69, 9.17) is 9.73 Å². The molecule has 0 aromatic heterocycles. The fourth-order valence-corrected chi connectivity index (χ4v) is 5.39. The summed E-state index contributed by atoms with van der Waals surface area (Å²) >= 11 is 1.72. The Hall–Kier alpha value is -2.64. The van der Waals surface area contributed by atoms with E-state index in [1.54, 1.807) is 35.7 Å². The number of carbonyl (C=O) groups excluding carboxylic acids is 1. The van der Waals surface area contributed by atoms with E-state index < -0.39 is 0 Å². The van der Waals surface area contributed by atoms with Crippen LogP contribution in [0.15, 0.2) is 41.4 Å². The second-order valence-electron chi connectivity index (χ2n) is 9.21. The van der Waals surface area contributed by atoms with Crippen LogP contribution < -0.4 is 10.1 Å². The summed E-state index contributed by atoms with van der Waals surface area (Å²) < 4.78 is 20.8. The zero-order valence-corrected chi connectivity index (χ0v) is 23.6. The minimum Gasteiger partial charge on any atom is -0.491 e. The quantitative estimate of drug-likeness (QED) is 0.215. The van der Waals surface area contributed by atoms with E-state index in [2.05, 4.69) is 30.4 Å². The number of aryl methyl sites for hydroxylation is 1. The first kappa shape index (κ1) is 28.9. The summed E-state index contributed by atoms with van der Waals surface area (Å²) in [5, 5.41) is 4.30. The lowest BCUT2D eigenvalue weighted by Gasteiger charge is -2.22. The molecule has 5 nitrogen and oxygen atoms in total. The van der Waals surface area contributed by atoms with Crippen LogP contribution in [-0.4, -0.2) is 49.1 Å². The summed E-state index contributed by atoms with van der Waals surface area (Å²) in [7, 11) is 1.94. The minimum absolute atomic E-state index is 0.156. The molecule has 1 heterocycles. The van der Waals surface area contributed by atoms with Gasteiger partial charge in [0.25, 0.3) is 5.91 Å². The molecule has 3 rings (SSSR count). The molecule has 37 heavy (non-hydrogen) atoms. The fourth-order valence-electron chi connectivity index (χ4n) is 4.37. The van der Waals surface area contributed by atoms with Crippen LogP contribution in [0.3, 0.4) is 0 Å². The Labute approximate surface area is 225 Å². The summed E-state index contributed by atoms with van der Waals surface area (Å²) in [6.07, 6.45) is 5.79. The Kier molecular flexibility index (Phi) is 11.2. The van der Waals surface area contributed by atoms with Crippen molar-refractivity contribution in [2.45, 2.75) is 59.9 Å². The van der Waals surface area contributed by atoms with Crippen LogP contribution in [0.2, 0.25) is 0 Å². The standard InChI is InChI=1S/C30H40FN3O2S/c1-6-9-10-28(33-16-15-32-5)37-27(8-3)22-12-14-26-23(19-22)20-34(17-18-36-26)30(35)25-13-11-21(4)29(31)24(25)7-2/h8,11-14,19,32H,6-7,9-10,15-18,20H2,1-5H3. The number of rotatable bonds is 10. The highest BCUT2D eigenvalue weighted by molar-refractivity contribution is 8.21. The molecule has 0 bridgehead atoms. The predicted molar refractivity (Wildman–Crippen MR) is 154 cm³/mol. The normalized spacial score (nSPS) is 14.3. The molecule has 1 N–H and O–H groups in total. The molecule has 7 heteroatoms. The van der Waals surface area contributed by atoms with Gasteiger partial charge in [0.1, 0.15) is 18.2 Å². The lowest BCUT2D eigenvalue weighted by Crippen LogP contribution is -2.33. The van der Waals surface area contributed by atoms with Crippen molar-refractivity contribution in [1.29, 1.82) is 0 Å². The number of unbranched alkanes of at least 4 members (excludes halogenated alkanes) is 1. The second kappa shape index (κ2) is 14.3.